The largest absolute Gasteiger partial charge is 0.497 e. The van der Waals surface area contributed by atoms with Gasteiger partial charge < -0.3 is 10.1 Å². The summed E-state index contributed by atoms with van der Waals surface area (Å²) < 4.78 is 5.30. The number of allylic oxidation sites excluding steroid dienone is 2. The number of ether oxygens (including phenoxy) is 1. The van der Waals surface area contributed by atoms with E-state index in [1.807, 2.05) is 6.07 Å². The Morgan fingerprint density at radius 2 is 2.26 bits per heavy atom. The molecule has 0 saturated heterocycles. The lowest BCUT2D eigenvalue weighted by Crippen LogP contribution is -2.20. The fraction of sp³-hybridized carbons (Fsp3) is 0.438. The zero-order valence-electron chi connectivity index (χ0n) is 11.7. The van der Waals surface area contributed by atoms with Gasteiger partial charge in [0.1, 0.15) is 5.75 Å². The van der Waals surface area contributed by atoms with Gasteiger partial charge in [0, 0.05) is 13.5 Å². The van der Waals surface area contributed by atoms with E-state index in [1.54, 1.807) is 14.0 Å². The minimum Gasteiger partial charge on any atom is -0.497 e. The van der Waals surface area contributed by atoms with Gasteiger partial charge in [0.25, 0.3) is 0 Å². The topological polar surface area (TPSA) is 38.3 Å². The van der Waals surface area contributed by atoms with Crippen LogP contribution >= 0.6 is 0 Å². The van der Waals surface area contributed by atoms with Gasteiger partial charge in [0.2, 0.25) is 5.91 Å². The molecule has 3 heteroatoms. The van der Waals surface area contributed by atoms with Crippen LogP contribution in [0.15, 0.2) is 24.3 Å². The number of rotatable bonds is 5. The van der Waals surface area contributed by atoms with Crippen LogP contribution in [0.25, 0.3) is 5.57 Å². The van der Waals surface area contributed by atoms with Crippen LogP contribution in [0.3, 0.4) is 0 Å². The zero-order valence-corrected chi connectivity index (χ0v) is 11.7. The number of hydrogen-bond acceptors (Lipinski definition) is 2. The summed E-state index contributed by atoms with van der Waals surface area (Å²) in [6.45, 7) is 2.30. The lowest BCUT2D eigenvalue weighted by Gasteiger charge is -2.19. The van der Waals surface area contributed by atoms with Gasteiger partial charge >= 0.3 is 0 Å². The number of methoxy groups -OCH3 is 1. The van der Waals surface area contributed by atoms with Crippen molar-refractivity contribution in [1.82, 2.24) is 5.32 Å². The molecule has 0 heterocycles. The Morgan fingerprint density at radius 3 is 3.00 bits per heavy atom. The summed E-state index contributed by atoms with van der Waals surface area (Å²) in [6, 6.07) is 6.31. The Bertz CT molecular complexity index is 492. The number of aryl methyl sites for hydroxylation is 1. The van der Waals surface area contributed by atoms with Crippen molar-refractivity contribution in [3.8, 4) is 5.75 Å². The van der Waals surface area contributed by atoms with Gasteiger partial charge in [-0.05, 0) is 54.5 Å². The smallest absolute Gasteiger partial charge is 0.216 e. The highest BCUT2D eigenvalue weighted by atomic mass is 16.5. The van der Waals surface area contributed by atoms with Crippen LogP contribution in [0.5, 0.6) is 5.75 Å². The Kier molecular flexibility index (Phi) is 4.61. The number of benzene rings is 1. The second-order valence-corrected chi connectivity index (χ2v) is 4.88. The molecule has 0 unspecified atom stereocenters. The van der Waals surface area contributed by atoms with Crippen molar-refractivity contribution in [2.45, 2.75) is 32.6 Å². The van der Waals surface area contributed by atoms with Crippen LogP contribution in [0.1, 0.15) is 37.3 Å². The SMILES string of the molecule is COc1ccc2c(c1)C(CCCNC(C)=O)=CCC2. The summed E-state index contributed by atoms with van der Waals surface area (Å²) in [5.41, 5.74) is 4.09. The van der Waals surface area contributed by atoms with E-state index >= 15 is 0 Å². The van der Waals surface area contributed by atoms with Crippen molar-refractivity contribution in [1.29, 1.82) is 0 Å². The van der Waals surface area contributed by atoms with Crippen molar-refractivity contribution in [2.24, 2.45) is 0 Å². The van der Waals surface area contributed by atoms with Crippen molar-refractivity contribution in [2.75, 3.05) is 13.7 Å². The highest BCUT2D eigenvalue weighted by Gasteiger charge is 2.13. The lowest BCUT2D eigenvalue weighted by atomic mass is 9.88. The molecule has 0 atom stereocenters. The Hall–Kier alpha value is -1.77. The maximum Gasteiger partial charge on any atom is 0.216 e. The van der Waals surface area contributed by atoms with Gasteiger partial charge in [-0.1, -0.05) is 12.1 Å². The number of nitrogens with one attached hydrogen (secondary N) is 1. The number of hydrogen-bond donors (Lipinski definition) is 1. The molecule has 0 bridgehead atoms. The Labute approximate surface area is 114 Å². The van der Waals surface area contributed by atoms with E-state index in [1.165, 1.54) is 16.7 Å². The molecule has 1 aromatic rings. The van der Waals surface area contributed by atoms with Crippen molar-refractivity contribution >= 4 is 11.5 Å². The second kappa shape index (κ2) is 6.41. The van der Waals surface area contributed by atoms with Crippen LogP contribution in [0.4, 0.5) is 0 Å². The molecule has 3 nitrogen and oxygen atoms in total. The quantitative estimate of drug-likeness (QED) is 0.826. The van der Waals surface area contributed by atoms with Gasteiger partial charge in [-0.3, -0.25) is 4.79 Å². The van der Waals surface area contributed by atoms with E-state index in [4.69, 9.17) is 4.74 Å². The Morgan fingerprint density at radius 1 is 1.42 bits per heavy atom. The molecule has 1 aromatic carbocycles. The predicted octanol–water partition coefficient (Wildman–Crippen LogP) is 2.94. The fourth-order valence-corrected chi connectivity index (χ4v) is 2.49. The van der Waals surface area contributed by atoms with Crippen LogP contribution in [0.2, 0.25) is 0 Å². The first-order valence-corrected chi connectivity index (χ1v) is 6.81. The number of carbonyl (C=O) groups excluding carboxylic acids is 1. The maximum atomic E-state index is 10.8. The summed E-state index contributed by atoms with van der Waals surface area (Å²) in [4.78, 5) is 10.8. The molecule has 0 aliphatic heterocycles. The zero-order chi connectivity index (χ0) is 13.7. The third kappa shape index (κ3) is 3.60. The first-order chi connectivity index (χ1) is 9.20. The highest BCUT2D eigenvalue weighted by molar-refractivity contribution is 5.73. The van der Waals surface area contributed by atoms with E-state index < -0.39 is 0 Å². The maximum absolute atomic E-state index is 10.8. The molecule has 1 aliphatic carbocycles. The van der Waals surface area contributed by atoms with Crippen molar-refractivity contribution < 1.29 is 9.53 Å². The minimum absolute atomic E-state index is 0.0414. The third-order valence-corrected chi connectivity index (χ3v) is 3.46. The van der Waals surface area contributed by atoms with Crippen molar-refractivity contribution in [3.63, 3.8) is 0 Å². The standard InChI is InChI=1S/C16H21NO2/c1-12(18)17-10-4-7-13-5-3-6-14-8-9-15(19-2)11-16(13)14/h5,8-9,11H,3-4,6-7,10H2,1-2H3,(H,17,18). The van der Waals surface area contributed by atoms with Gasteiger partial charge in [0.05, 0.1) is 7.11 Å². The van der Waals surface area contributed by atoms with Crippen LogP contribution in [-0.4, -0.2) is 19.6 Å². The summed E-state index contributed by atoms with van der Waals surface area (Å²) in [7, 11) is 1.70. The third-order valence-electron chi connectivity index (χ3n) is 3.46. The molecule has 0 spiro atoms. The van der Waals surface area contributed by atoms with Crippen LogP contribution < -0.4 is 10.1 Å². The number of carbonyl (C=O) groups is 1. The molecule has 0 saturated carbocycles. The monoisotopic (exact) mass is 259 g/mol. The van der Waals surface area contributed by atoms with Gasteiger partial charge in [-0.2, -0.15) is 0 Å². The van der Waals surface area contributed by atoms with E-state index in [-0.39, 0.29) is 5.91 Å². The molecular weight excluding hydrogens is 238 g/mol. The molecule has 102 valence electrons. The average molecular weight is 259 g/mol. The number of fused-ring (bicyclic) bond motifs is 1. The molecule has 0 aromatic heterocycles. The molecule has 0 fully saturated rings. The first-order valence-electron chi connectivity index (χ1n) is 6.81. The lowest BCUT2D eigenvalue weighted by molar-refractivity contribution is -0.118. The molecular formula is C16H21NO2. The summed E-state index contributed by atoms with van der Waals surface area (Å²) in [5.74, 6) is 0.952. The summed E-state index contributed by atoms with van der Waals surface area (Å²) in [6.07, 6.45) is 6.50. The van der Waals surface area contributed by atoms with Gasteiger partial charge in [-0.15, -0.1) is 0 Å². The molecule has 1 aliphatic rings. The molecule has 19 heavy (non-hydrogen) atoms. The summed E-state index contributed by atoms with van der Waals surface area (Å²) >= 11 is 0. The van der Waals surface area contributed by atoms with Gasteiger partial charge in [0.15, 0.2) is 0 Å². The van der Waals surface area contributed by atoms with Crippen molar-refractivity contribution in [3.05, 3.63) is 35.4 Å². The molecule has 1 N–H and O–H groups in total. The van der Waals surface area contributed by atoms with Crippen LogP contribution in [0, 0.1) is 0 Å². The molecule has 0 radical (unpaired) electrons. The van der Waals surface area contributed by atoms with E-state index in [0.29, 0.717) is 0 Å². The van der Waals surface area contributed by atoms with E-state index in [0.717, 1.165) is 38.0 Å². The average Bonchev–Trinajstić information content (AvgIpc) is 2.43. The first kappa shape index (κ1) is 13.7. The number of amides is 1. The molecule has 1 amide bonds. The normalized spacial score (nSPS) is 13.5. The van der Waals surface area contributed by atoms with E-state index in [2.05, 4.69) is 23.5 Å². The second-order valence-electron chi connectivity index (χ2n) is 4.88. The Balaban J connectivity index is 2.02. The minimum atomic E-state index is 0.0414. The van der Waals surface area contributed by atoms with Crippen LogP contribution in [-0.2, 0) is 11.2 Å². The summed E-state index contributed by atoms with van der Waals surface area (Å²) in [5, 5.41) is 2.84. The van der Waals surface area contributed by atoms with Gasteiger partial charge in [-0.25, -0.2) is 0 Å². The fourth-order valence-electron chi connectivity index (χ4n) is 2.49. The van der Waals surface area contributed by atoms with E-state index in [9.17, 15) is 4.79 Å². The predicted molar refractivity (Wildman–Crippen MR) is 77.2 cm³/mol. The highest BCUT2D eigenvalue weighted by Crippen LogP contribution is 2.32. The molecule has 2 rings (SSSR count).